The second kappa shape index (κ2) is 3.79. The summed E-state index contributed by atoms with van der Waals surface area (Å²) in [4.78, 5) is 4.13. The summed E-state index contributed by atoms with van der Waals surface area (Å²) in [6.07, 6.45) is 0. The Morgan fingerprint density at radius 3 is 2.88 bits per heavy atom. The van der Waals surface area contributed by atoms with Crippen LogP contribution in [0.4, 0.5) is 5.69 Å². The van der Waals surface area contributed by atoms with E-state index in [2.05, 4.69) is 9.71 Å². The van der Waals surface area contributed by atoms with Gasteiger partial charge >= 0.3 is 0 Å². The highest BCUT2D eigenvalue weighted by molar-refractivity contribution is 7.92. The van der Waals surface area contributed by atoms with Crippen LogP contribution in [-0.2, 0) is 10.0 Å². The molecule has 1 aromatic carbocycles. The van der Waals surface area contributed by atoms with E-state index in [1.165, 1.54) is 0 Å². The van der Waals surface area contributed by atoms with E-state index in [9.17, 15) is 8.42 Å². The topological polar surface area (TPSA) is 72.2 Å². The molecule has 0 fully saturated rings. The first-order chi connectivity index (χ1) is 7.50. The van der Waals surface area contributed by atoms with Gasteiger partial charge in [0.15, 0.2) is 11.5 Å². The number of anilines is 1. The SMILES string of the molecule is CCS(=O)(=O)Nc1ccc2nc(C)oc2c1. The van der Waals surface area contributed by atoms with Crippen LogP contribution in [0.1, 0.15) is 12.8 Å². The highest BCUT2D eigenvalue weighted by Gasteiger charge is 2.08. The van der Waals surface area contributed by atoms with Gasteiger partial charge in [-0.1, -0.05) is 0 Å². The van der Waals surface area contributed by atoms with Crippen LogP contribution in [0.3, 0.4) is 0 Å². The van der Waals surface area contributed by atoms with Crippen LogP contribution in [0.5, 0.6) is 0 Å². The maximum Gasteiger partial charge on any atom is 0.232 e. The van der Waals surface area contributed by atoms with Crippen molar-refractivity contribution in [3.8, 4) is 0 Å². The van der Waals surface area contributed by atoms with Gasteiger partial charge in [0, 0.05) is 13.0 Å². The average Bonchev–Trinajstić information content (AvgIpc) is 2.57. The van der Waals surface area contributed by atoms with Crippen molar-refractivity contribution in [2.45, 2.75) is 13.8 Å². The molecule has 0 aliphatic rings. The van der Waals surface area contributed by atoms with Crippen LogP contribution in [0.25, 0.3) is 11.1 Å². The molecule has 0 spiro atoms. The minimum atomic E-state index is -3.25. The van der Waals surface area contributed by atoms with Gasteiger partial charge in [-0.05, 0) is 19.1 Å². The molecule has 86 valence electrons. The lowest BCUT2D eigenvalue weighted by Gasteiger charge is -2.04. The lowest BCUT2D eigenvalue weighted by molar-refractivity contribution is 0.561. The molecule has 0 aliphatic carbocycles. The lowest BCUT2D eigenvalue weighted by atomic mass is 10.3. The van der Waals surface area contributed by atoms with Crippen molar-refractivity contribution in [3.63, 3.8) is 0 Å². The zero-order valence-electron chi connectivity index (χ0n) is 9.02. The standard InChI is InChI=1S/C10H12N2O3S/c1-3-16(13,14)12-8-4-5-9-10(6-8)15-7(2)11-9/h4-6,12H,3H2,1-2H3. The summed E-state index contributed by atoms with van der Waals surface area (Å²) in [7, 11) is -3.25. The zero-order valence-corrected chi connectivity index (χ0v) is 9.84. The number of sulfonamides is 1. The monoisotopic (exact) mass is 240 g/mol. The minimum absolute atomic E-state index is 0.0421. The second-order valence-corrected chi connectivity index (χ2v) is 5.43. The Morgan fingerprint density at radius 1 is 1.44 bits per heavy atom. The van der Waals surface area contributed by atoms with Crippen molar-refractivity contribution in [1.29, 1.82) is 0 Å². The molecule has 1 heterocycles. The minimum Gasteiger partial charge on any atom is -0.441 e. The fraction of sp³-hybridized carbons (Fsp3) is 0.300. The van der Waals surface area contributed by atoms with Crippen LogP contribution < -0.4 is 4.72 Å². The van der Waals surface area contributed by atoms with E-state index in [-0.39, 0.29) is 5.75 Å². The van der Waals surface area contributed by atoms with Gasteiger partial charge in [0.2, 0.25) is 10.0 Å². The van der Waals surface area contributed by atoms with Gasteiger partial charge in [-0.15, -0.1) is 0 Å². The number of hydrogen-bond donors (Lipinski definition) is 1. The van der Waals surface area contributed by atoms with Crippen molar-refractivity contribution in [2.24, 2.45) is 0 Å². The summed E-state index contributed by atoms with van der Waals surface area (Å²) in [5.74, 6) is 0.603. The van der Waals surface area contributed by atoms with E-state index >= 15 is 0 Å². The number of nitrogens with zero attached hydrogens (tertiary/aromatic N) is 1. The molecule has 1 aromatic heterocycles. The van der Waals surface area contributed by atoms with E-state index in [0.717, 1.165) is 5.52 Å². The number of oxazole rings is 1. The fourth-order valence-electron chi connectivity index (χ4n) is 1.36. The van der Waals surface area contributed by atoms with Crippen molar-refractivity contribution in [3.05, 3.63) is 24.1 Å². The zero-order chi connectivity index (χ0) is 11.8. The molecule has 0 unspecified atom stereocenters. The van der Waals surface area contributed by atoms with Gasteiger partial charge in [0.1, 0.15) is 5.52 Å². The summed E-state index contributed by atoms with van der Waals surface area (Å²) in [5, 5.41) is 0. The van der Waals surface area contributed by atoms with Gasteiger partial charge in [0.25, 0.3) is 0 Å². The van der Waals surface area contributed by atoms with Gasteiger partial charge in [-0.3, -0.25) is 4.72 Å². The average molecular weight is 240 g/mol. The maximum atomic E-state index is 11.4. The van der Waals surface area contributed by atoms with E-state index < -0.39 is 10.0 Å². The van der Waals surface area contributed by atoms with Gasteiger partial charge in [-0.25, -0.2) is 13.4 Å². The molecule has 0 saturated heterocycles. The molecule has 2 aromatic rings. The van der Waals surface area contributed by atoms with E-state index in [0.29, 0.717) is 17.2 Å². The highest BCUT2D eigenvalue weighted by Crippen LogP contribution is 2.20. The number of hydrogen-bond acceptors (Lipinski definition) is 4. The Bertz CT molecular complexity index is 616. The Morgan fingerprint density at radius 2 is 2.19 bits per heavy atom. The third-order valence-electron chi connectivity index (χ3n) is 2.15. The predicted molar refractivity (Wildman–Crippen MR) is 61.8 cm³/mol. The van der Waals surface area contributed by atoms with E-state index in [1.807, 2.05) is 0 Å². The predicted octanol–water partition coefficient (Wildman–Crippen LogP) is 1.90. The summed E-state index contributed by atoms with van der Waals surface area (Å²) in [5.41, 5.74) is 1.79. The fourth-order valence-corrected chi connectivity index (χ4v) is 1.99. The third kappa shape index (κ3) is 2.16. The molecule has 6 heteroatoms. The Balaban J connectivity index is 2.40. The molecule has 2 rings (SSSR count). The van der Waals surface area contributed by atoms with Gasteiger partial charge in [-0.2, -0.15) is 0 Å². The quantitative estimate of drug-likeness (QED) is 0.889. The number of rotatable bonds is 3. The number of aromatic nitrogens is 1. The number of nitrogens with one attached hydrogen (secondary N) is 1. The first-order valence-electron chi connectivity index (χ1n) is 4.88. The maximum absolute atomic E-state index is 11.4. The van der Waals surface area contributed by atoms with Crippen LogP contribution in [0.15, 0.2) is 22.6 Å². The first-order valence-corrected chi connectivity index (χ1v) is 6.53. The molecular weight excluding hydrogens is 228 g/mol. The molecule has 0 atom stereocenters. The Hall–Kier alpha value is -1.56. The molecule has 16 heavy (non-hydrogen) atoms. The number of fused-ring (bicyclic) bond motifs is 1. The third-order valence-corrected chi connectivity index (χ3v) is 3.46. The first kappa shape index (κ1) is 10.9. The highest BCUT2D eigenvalue weighted by atomic mass is 32.2. The summed E-state index contributed by atoms with van der Waals surface area (Å²) in [6, 6.07) is 5.01. The number of aryl methyl sites for hydroxylation is 1. The van der Waals surface area contributed by atoms with Crippen LogP contribution in [-0.4, -0.2) is 19.2 Å². The molecule has 0 aliphatic heterocycles. The van der Waals surface area contributed by atoms with Crippen LogP contribution in [0, 0.1) is 6.92 Å². The summed E-state index contributed by atoms with van der Waals surface area (Å²) < 4.78 is 30.5. The Kier molecular flexibility index (Phi) is 2.59. The Labute approximate surface area is 93.5 Å². The number of benzene rings is 1. The van der Waals surface area contributed by atoms with Crippen molar-refractivity contribution >= 4 is 26.8 Å². The molecule has 0 radical (unpaired) electrons. The van der Waals surface area contributed by atoms with Crippen molar-refractivity contribution < 1.29 is 12.8 Å². The molecule has 5 nitrogen and oxygen atoms in total. The van der Waals surface area contributed by atoms with Crippen molar-refractivity contribution in [1.82, 2.24) is 4.98 Å². The molecular formula is C10H12N2O3S. The normalized spacial score (nSPS) is 11.9. The lowest BCUT2D eigenvalue weighted by Crippen LogP contribution is -2.14. The molecule has 1 N–H and O–H groups in total. The molecule has 0 saturated carbocycles. The van der Waals surface area contributed by atoms with Gasteiger partial charge in [0.05, 0.1) is 11.4 Å². The van der Waals surface area contributed by atoms with E-state index in [4.69, 9.17) is 4.42 Å². The summed E-state index contributed by atoms with van der Waals surface area (Å²) >= 11 is 0. The van der Waals surface area contributed by atoms with E-state index in [1.54, 1.807) is 32.0 Å². The molecule has 0 amide bonds. The second-order valence-electron chi connectivity index (χ2n) is 3.42. The largest absolute Gasteiger partial charge is 0.441 e. The van der Waals surface area contributed by atoms with Crippen LogP contribution in [0.2, 0.25) is 0 Å². The summed E-state index contributed by atoms with van der Waals surface area (Å²) in [6.45, 7) is 3.33. The van der Waals surface area contributed by atoms with Gasteiger partial charge < -0.3 is 4.42 Å². The molecule has 0 bridgehead atoms. The van der Waals surface area contributed by atoms with Crippen molar-refractivity contribution in [2.75, 3.05) is 10.5 Å². The van der Waals surface area contributed by atoms with Crippen LogP contribution >= 0.6 is 0 Å². The smallest absolute Gasteiger partial charge is 0.232 e.